The number of hydrogen-bond acceptors (Lipinski definition) is 5. The van der Waals surface area contributed by atoms with E-state index in [-0.39, 0.29) is 29.5 Å². The van der Waals surface area contributed by atoms with E-state index in [1.807, 2.05) is 6.07 Å². The van der Waals surface area contributed by atoms with E-state index in [1.54, 1.807) is 34.9 Å². The second-order valence-electron chi connectivity index (χ2n) is 6.56. The Kier molecular flexibility index (Phi) is 5.20. The molecule has 30 heavy (non-hydrogen) atoms. The molecule has 0 bridgehead atoms. The summed E-state index contributed by atoms with van der Waals surface area (Å²) >= 11 is 6.08. The van der Waals surface area contributed by atoms with Gasteiger partial charge in [0.25, 0.3) is 5.56 Å². The minimum Gasteiger partial charge on any atom is -0.298 e. The molecule has 0 fully saturated rings. The maximum atomic E-state index is 13.0. The van der Waals surface area contributed by atoms with Crippen LogP contribution in [-0.4, -0.2) is 25.3 Å². The van der Waals surface area contributed by atoms with Crippen LogP contribution in [-0.2, 0) is 13.6 Å². The lowest BCUT2D eigenvalue weighted by Gasteiger charge is -2.08. The van der Waals surface area contributed by atoms with Crippen molar-refractivity contribution in [3.8, 4) is 0 Å². The number of nitrogens with zero attached hydrogens (tertiary/aromatic N) is 4. The summed E-state index contributed by atoms with van der Waals surface area (Å²) in [5.74, 6) is -0.0846. The summed E-state index contributed by atoms with van der Waals surface area (Å²) in [6, 6.07) is 13.0. The summed E-state index contributed by atoms with van der Waals surface area (Å²) in [5.41, 5.74) is 3.61. The van der Waals surface area contributed by atoms with Gasteiger partial charge in [-0.05, 0) is 35.4 Å². The van der Waals surface area contributed by atoms with Crippen molar-refractivity contribution >= 4 is 34.9 Å². The molecule has 0 aliphatic carbocycles. The molecule has 0 radical (unpaired) electrons. The molecule has 4 aromatic rings. The number of imidazole rings is 1. The monoisotopic (exact) mass is 426 g/mol. The Labute approximate surface area is 174 Å². The van der Waals surface area contributed by atoms with Crippen molar-refractivity contribution in [3.05, 3.63) is 91.3 Å². The highest BCUT2D eigenvalue weighted by Gasteiger charge is 2.17. The first-order chi connectivity index (χ1) is 14.4. The summed E-state index contributed by atoms with van der Waals surface area (Å²) in [6.45, 7) is 0.271. The smallest absolute Gasteiger partial charge is 0.298 e. The third-order valence-electron chi connectivity index (χ3n) is 4.48. The predicted octanol–water partition coefficient (Wildman–Crippen LogP) is 2.71. The van der Waals surface area contributed by atoms with Crippen molar-refractivity contribution in [2.24, 2.45) is 12.1 Å². The van der Waals surface area contributed by atoms with Crippen molar-refractivity contribution in [2.75, 3.05) is 5.43 Å². The summed E-state index contributed by atoms with van der Waals surface area (Å²) in [5, 5.41) is 4.69. The first-order valence-corrected chi connectivity index (χ1v) is 9.29. The van der Waals surface area contributed by atoms with Crippen LogP contribution in [0.2, 0.25) is 5.02 Å². The van der Waals surface area contributed by atoms with Gasteiger partial charge in [-0.1, -0.05) is 35.9 Å². The lowest BCUT2D eigenvalue weighted by atomic mass is 10.2. The largest absolute Gasteiger partial charge is 0.329 e. The van der Waals surface area contributed by atoms with E-state index in [1.165, 1.54) is 30.0 Å². The number of benzene rings is 2. The van der Waals surface area contributed by atoms with Crippen LogP contribution in [0.25, 0.3) is 11.2 Å². The molecule has 0 saturated heterocycles. The van der Waals surface area contributed by atoms with E-state index in [0.29, 0.717) is 10.6 Å². The Balaban J connectivity index is 1.78. The van der Waals surface area contributed by atoms with Gasteiger partial charge in [0.2, 0.25) is 5.95 Å². The molecule has 0 atom stereocenters. The van der Waals surface area contributed by atoms with E-state index >= 15 is 0 Å². The van der Waals surface area contributed by atoms with Crippen molar-refractivity contribution in [3.63, 3.8) is 0 Å². The van der Waals surface area contributed by atoms with Crippen LogP contribution in [0.5, 0.6) is 0 Å². The lowest BCUT2D eigenvalue weighted by Crippen LogP contribution is -2.29. The number of rotatable bonds is 5. The van der Waals surface area contributed by atoms with Gasteiger partial charge in [-0.15, -0.1) is 0 Å². The van der Waals surface area contributed by atoms with Crippen LogP contribution in [0.1, 0.15) is 11.1 Å². The van der Waals surface area contributed by atoms with Gasteiger partial charge >= 0.3 is 5.69 Å². The van der Waals surface area contributed by atoms with E-state index in [9.17, 15) is 14.0 Å². The van der Waals surface area contributed by atoms with E-state index < -0.39 is 11.2 Å². The Hall–Kier alpha value is -3.72. The number of aromatic nitrogens is 4. The van der Waals surface area contributed by atoms with Gasteiger partial charge in [-0.25, -0.2) is 14.6 Å². The van der Waals surface area contributed by atoms with Gasteiger partial charge in [-0.3, -0.25) is 18.9 Å². The van der Waals surface area contributed by atoms with Crippen molar-refractivity contribution in [2.45, 2.75) is 6.54 Å². The van der Waals surface area contributed by atoms with Gasteiger partial charge in [0.1, 0.15) is 5.82 Å². The Morgan fingerprint density at radius 3 is 2.73 bits per heavy atom. The molecule has 10 heteroatoms. The van der Waals surface area contributed by atoms with Crippen LogP contribution in [0.4, 0.5) is 10.3 Å². The predicted molar refractivity (Wildman–Crippen MR) is 114 cm³/mol. The molecule has 0 spiro atoms. The molecule has 2 heterocycles. The molecule has 2 aromatic carbocycles. The van der Waals surface area contributed by atoms with Crippen molar-refractivity contribution < 1.29 is 4.39 Å². The normalized spacial score (nSPS) is 11.4. The number of aryl methyl sites for hydroxylation is 1. The number of hydrogen-bond donors (Lipinski definition) is 2. The summed E-state index contributed by atoms with van der Waals surface area (Å²) in [6.07, 6.45) is 1.49. The average Bonchev–Trinajstić information content (AvgIpc) is 3.07. The third kappa shape index (κ3) is 3.87. The molecule has 0 aliphatic rings. The van der Waals surface area contributed by atoms with Crippen LogP contribution < -0.4 is 16.7 Å². The standard InChI is InChI=1S/C20H16ClFN6O2/c1-27-17-16(18(29)25-20(27)30)28(11-13-3-2-4-14(21)9-13)19(24-17)26-23-10-12-5-7-15(22)8-6-12/h2-10H,11H2,1H3,(H,24,26)(H,25,29,30). The van der Waals surface area contributed by atoms with Crippen molar-refractivity contribution in [1.29, 1.82) is 0 Å². The van der Waals surface area contributed by atoms with Gasteiger partial charge in [0, 0.05) is 12.1 Å². The van der Waals surface area contributed by atoms with Crippen molar-refractivity contribution in [1.82, 2.24) is 19.1 Å². The molecular weight excluding hydrogens is 411 g/mol. The maximum Gasteiger partial charge on any atom is 0.329 e. The quantitative estimate of drug-likeness (QED) is 0.379. The zero-order valence-corrected chi connectivity index (χ0v) is 16.5. The third-order valence-corrected chi connectivity index (χ3v) is 4.72. The fourth-order valence-electron chi connectivity index (χ4n) is 3.01. The zero-order chi connectivity index (χ0) is 21.3. The van der Waals surface area contributed by atoms with E-state index in [2.05, 4.69) is 20.5 Å². The fourth-order valence-corrected chi connectivity index (χ4v) is 3.22. The van der Waals surface area contributed by atoms with Gasteiger partial charge in [-0.2, -0.15) is 10.1 Å². The van der Waals surface area contributed by atoms with Crippen LogP contribution in [0, 0.1) is 5.82 Å². The molecule has 2 aromatic heterocycles. The number of anilines is 1. The Morgan fingerprint density at radius 2 is 2.00 bits per heavy atom. The Morgan fingerprint density at radius 1 is 1.23 bits per heavy atom. The summed E-state index contributed by atoms with van der Waals surface area (Å²) in [4.78, 5) is 31.1. The molecule has 152 valence electrons. The topological polar surface area (TPSA) is 97.1 Å². The molecule has 0 unspecified atom stereocenters. The average molecular weight is 427 g/mol. The minimum atomic E-state index is -0.568. The van der Waals surface area contributed by atoms with E-state index in [0.717, 1.165) is 5.56 Å². The maximum absolute atomic E-state index is 13.0. The second kappa shape index (κ2) is 7.96. The molecule has 4 rings (SSSR count). The number of hydrazone groups is 1. The van der Waals surface area contributed by atoms with E-state index in [4.69, 9.17) is 11.6 Å². The Bertz CT molecular complexity index is 1370. The van der Waals surface area contributed by atoms with Gasteiger partial charge in [0.15, 0.2) is 11.2 Å². The number of halogens is 2. The molecular formula is C20H16ClFN6O2. The summed E-state index contributed by atoms with van der Waals surface area (Å²) < 4.78 is 15.9. The highest BCUT2D eigenvalue weighted by molar-refractivity contribution is 6.30. The fraction of sp³-hybridized carbons (Fsp3) is 0.100. The molecule has 0 saturated carbocycles. The molecule has 0 aliphatic heterocycles. The molecule has 0 amide bonds. The van der Waals surface area contributed by atoms with Gasteiger partial charge < -0.3 is 0 Å². The number of H-pyrrole nitrogens is 1. The number of fused-ring (bicyclic) bond motifs is 1. The molecule has 2 N–H and O–H groups in total. The number of nitrogens with one attached hydrogen (secondary N) is 2. The number of aromatic amines is 1. The van der Waals surface area contributed by atoms with Gasteiger partial charge in [0.05, 0.1) is 12.8 Å². The first-order valence-electron chi connectivity index (χ1n) is 8.91. The van der Waals surface area contributed by atoms with Crippen LogP contribution >= 0.6 is 11.6 Å². The minimum absolute atomic E-state index is 0.213. The highest BCUT2D eigenvalue weighted by Crippen LogP contribution is 2.19. The zero-order valence-electron chi connectivity index (χ0n) is 15.8. The SMILES string of the molecule is Cn1c(=O)[nH]c(=O)c2c1nc(NN=Cc1ccc(F)cc1)n2Cc1cccc(Cl)c1. The summed E-state index contributed by atoms with van der Waals surface area (Å²) in [7, 11) is 1.52. The highest BCUT2D eigenvalue weighted by atomic mass is 35.5. The van der Waals surface area contributed by atoms with Crippen LogP contribution in [0.15, 0.2) is 63.2 Å². The second-order valence-corrected chi connectivity index (χ2v) is 7.00. The lowest BCUT2D eigenvalue weighted by molar-refractivity contribution is 0.628. The first kappa shape index (κ1) is 19.6. The molecule has 8 nitrogen and oxygen atoms in total. The van der Waals surface area contributed by atoms with Crippen LogP contribution in [0.3, 0.4) is 0 Å².